The first-order chi connectivity index (χ1) is 16.0. The second-order valence-electron chi connectivity index (χ2n) is 8.49. The van der Waals surface area contributed by atoms with Crippen LogP contribution in [-0.2, 0) is 4.28 Å². The zero-order valence-corrected chi connectivity index (χ0v) is 18.1. The van der Waals surface area contributed by atoms with Gasteiger partial charge in [-0.25, -0.2) is 13.2 Å². The first-order valence-electron chi connectivity index (χ1n) is 10.8. The molecule has 0 bridgehead atoms. The highest BCUT2D eigenvalue weighted by Gasteiger charge is 2.51. The normalized spacial score (nSPS) is 15.8. The van der Waals surface area contributed by atoms with Gasteiger partial charge in [0.05, 0.1) is 7.11 Å². The maximum absolute atomic E-state index is 13.9. The topological polar surface area (TPSA) is 2.70 Å². The van der Waals surface area contributed by atoms with E-state index in [0.29, 0.717) is 6.61 Å². The van der Waals surface area contributed by atoms with E-state index < -0.39 is 6.35 Å². The van der Waals surface area contributed by atoms with Gasteiger partial charge in [-0.2, -0.15) is 0 Å². The van der Waals surface area contributed by atoms with Crippen LogP contribution in [0.4, 0.5) is 13.2 Å². The van der Waals surface area contributed by atoms with Crippen molar-refractivity contribution in [1.82, 2.24) is 0 Å². The van der Waals surface area contributed by atoms with Gasteiger partial charge >= 0.3 is 6.35 Å². The van der Waals surface area contributed by atoms with Crippen molar-refractivity contribution in [3.63, 3.8) is 0 Å². The van der Waals surface area contributed by atoms with Crippen molar-refractivity contribution in [1.29, 1.82) is 0 Å². The summed E-state index contributed by atoms with van der Waals surface area (Å²) in [5.74, 6) is -0.976. The Kier molecular flexibility index (Phi) is 5.43. The smallest absolute Gasteiger partial charge is 0.378 e. The van der Waals surface area contributed by atoms with Crippen LogP contribution in [0.15, 0.2) is 103 Å². The lowest BCUT2D eigenvalue weighted by Gasteiger charge is -2.43. The maximum atomic E-state index is 13.9. The standard InChI is InChI=1S/C28H22BF3O/c1-33-19-27(20-5-3-2-4-6-20)28(21-7-13-24(30)14-8-21)29(33,22-9-15-25(31)16-10-22)23-11-17-26(32)18-12-23/h2-18H,19H2,1H3. The second kappa shape index (κ2) is 8.41. The van der Waals surface area contributed by atoms with E-state index in [9.17, 15) is 13.2 Å². The van der Waals surface area contributed by atoms with Crippen molar-refractivity contribution in [3.05, 3.63) is 132 Å². The fraction of sp³-hybridized carbons (Fsp3) is 0.0714. The molecule has 0 fully saturated rings. The Morgan fingerprint density at radius 3 is 1.52 bits per heavy atom. The molecule has 0 saturated heterocycles. The molecule has 5 rings (SSSR count). The number of hydrogen-bond acceptors (Lipinski definition) is 0. The largest absolute Gasteiger partial charge is 0.659 e. The first kappa shape index (κ1) is 21.3. The van der Waals surface area contributed by atoms with Crippen LogP contribution in [-0.4, -0.2) is 20.1 Å². The van der Waals surface area contributed by atoms with Gasteiger partial charge in [-0.1, -0.05) is 77.8 Å². The van der Waals surface area contributed by atoms with Crippen LogP contribution in [0, 0.1) is 17.5 Å². The average Bonchev–Trinajstić information content (AvgIpc) is 3.15. The monoisotopic (exact) mass is 442 g/mol. The number of rotatable bonds is 4. The minimum Gasteiger partial charge on any atom is -0.659 e. The van der Waals surface area contributed by atoms with Crippen molar-refractivity contribution < 1.29 is 17.5 Å². The molecule has 1 nitrogen and oxygen atoms in total. The molecule has 0 aromatic heterocycles. The molecule has 0 atom stereocenters. The molecule has 4 aromatic rings. The van der Waals surface area contributed by atoms with E-state index in [0.717, 1.165) is 33.1 Å². The molecule has 0 radical (unpaired) electrons. The van der Waals surface area contributed by atoms with Gasteiger partial charge in [-0.3, -0.25) is 0 Å². The SMILES string of the molecule is C[O+]1CC(c2ccccc2)=C(c2ccc(F)cc2)[B-]1(c1ccc(F)cc1)c1ccc(F)cc1. The molecule has 0 N–H and O–H groups in total. The Labute approximate surface area is 191 Å². The number of benzene rings is 4. The van der Waals surface area contributed by atoms with Crippen LogP contribution in [0.5, 0.6) is 0 Å². The van der Waals surface area contributed by atoms with E-state index in [-0.39, 0.29) is 17.5 Å². The summed E-state index contributed by atoms with van der Waals surface area (Å²) in [5.41, 5.74) is 5.72. The minimum absolute atomic E-state index is 0.318. The zero-order chi connectivity index (χ0) is 23.0. The Morgan fingerprint density at radius 2 is 1.03 bits per heavy atom. The van der Waals surface area contributed by atoms with Gasteiger partial charge in [-0.05, 0) is 42.0 Å². The summed E-state index contributed by atoms with van der Waals surface area (Å²) >= 11 is 0. The molecule has 164 valence electrons. The summed E-state index contributed by atoms with van der Waals surface area (Å²) < 4.78 is 45.1. The Balaban J connectivity index is 1.89. The van der Waals surface area contributed by atoms with E-state index in [1.165, 1.54) is 36.4 Å². The van der Waals surface area contributed by atoms with E-state index in [1.54, 1.807) is 36.4 Å². The molecule has 0 amide bonds. The molecule has 1 heterocycles. The summed E-state index contributed by atoms with van der Waals surface area (Å²) in [7, 11) is 1.95. The van der Waals surface area contributed by atoms with Crippen LogP contribution >= 0.6 is 0 Å². The highest BCUT2D eigenvalue weighted by molar-refractivity contribution is 7.13. The van der Waals surface area contributed by atoms with Crippen molar-refractivity contribution in [2.24, 2.45) is 0 Å². The summed E-state index contributed by atoms with van der Waals surface area (Å²) in [6.07, 6.45) is -1.85. The summed E-state index contributed by atoms with van der Waals surface area (Å²) in [6, 6.07) is 29.4. The van der Waals surface area contributed by atoms with Crippen LogP contribution in [0.25, 0.3) is 11.0 Å². The van der Waals surface area contributed by atoms with Gasteiger partial charge in [0.25, 0.3) is 0 Å². The van der Waals surface area contributed by atoms with E-state index >= 15 is 0 Å². The molecule has 0 unspecified atom stereocenters. The van der Waals surface area contributed by atoms with Gasteiger partial charge < -0.3 is 4.28 Å². The molecular formula is C28H22BF3O. The summed E-state index contributed by atoms with van der Waals surface area (Å²) in [6.45, 7) is 0.547. The minimum atomic E-state index is -1.85. The van der Waals surface area contributed by atoms with Crippen LogP contribution in [0.3, 0.4) is 0 Å². The lowest BCUT2D eigenvalue weighted by Crippen LogP contribution is -2.64. The summed E-state index contributed by atoms with van der Waals surface area (Å²) in [4.78, 5) is 0. The molecule has 1 aliphatic rings. The predicted octanol–water partition coefficient (Wildman–Crippen LogP) is 5.51. The van der Waals surface area contributed by atoms with E-state index in [1.807, 2.05) is 25.3 Å². The van der Waals surface area contributed by atoms with Crippen LogP contribution in [0.2, 0.25) is 0 Å². The molecule has 0 saturated carbocycles. The van der Waals surface area contributed by atoms with Crippen molar-refractivity contribution >= 4 is 28.3 Å². The van der Waals surface area contributed by atoms with E-state index in [2.05, 4.69) is 16.4 Å². The maximum Gasteiger partial charge on any atom is 0.378 e. The lowest BCUT2D eigenvalue weighted by molar-refractivity contribution is 0.0930. The first-order valence-corrected chi connectivity index (χ1v) is 10.8. The third-order valence-corrected chi connectivity index (χ3v) is 6.66. The van der Waals surface area contributed by atoms with Gasteiger partial charge in [0.1, 0.15) is 24.1 Å². The number of halogens is 3. The Bertz CT molecular complexity index is 1250. The van der Waals surface area contributed by atoms with Gasteiger partial charge in [0.2, 0.25) is 0 Å². The van der Waals surface area contributed by atoms with Crippen LogP contribution < -0.4 is 10.9 Å². The lowest BCUT2D eigenvalue weighted by atomic mass is 9.27. The third-order valence-electron chi connectivity index (χ3n) is 6.66. The third kappa shape index (κ3) is 3.59. The van der Waals surface area contributed by atoms with Gasteiger partial charge in [-0.15, -0.1) is 10.9 Å². The Morgan fingerprint density at radius 1 is 0.576 bits per heavy atom. The molecule has 1 aliphatic heterocycles. The van der Waals surface area contributed by atoms with E-state index in [4.69, 9.17) is 0 Å². The summed E-state index contributed by atoms with van der Waals surface area (Å²) in [5, 5.41) is 0. The second-order valence-corrected chi connectivity index (χ2v) is 8.49. The Hall–Kier alpha value is -3.57. The molecule has 5 heteroatoms. The van der Waals surface area contributed by atoms with Crippen molar-refractivity contribution in [2.75, 3.05) is 13.7 Å². The molecule has 0 aliphatic carbocycles. The fourth-order valence-electron chi connectivity index (χ4n) is 5.25. The van der Waals surface area contributed by atoms with Crippen LogP contribution in [0.1, 0.15) is 11.1 Å². The van der Waals surface area contributed by atoms with Gasteiger partial charge in [0, 0.05) is 5.57 Å². The molecule has 4 aromatic carbocycles. The molecule has 33 heavy (non-hydrogen) atoms. The highest BCUT2D eigenvalue weighted by Crippen LogP contribution is 2.43. The molecular weight excluding hydrogens is 420 g/mol. The predicted molar refractivity (Wildman–Crippen MR) is 129 cm³/mol. The van der Waals surface area contributed by atoms with Crippen molar-refractivity contribution in [2.45, 2.75) is 0 Å². The molecule has 0 spiro atoms. The zero-order valence-electron chi connectivity index (χ0n) is 18.1. The van der Waals surface area contributed by atoms with Crippen molar-refractivity contribution in [3.8, 4) is 0 Å². The van der Waals surface area contributed by atoms with Gasteiger partial charge in [0.15, 0.2) is 0 Å². The fourth-order valence-corrected chi connectivity index (χ4v) is 5.25. The quantitative estimate of drug-likeness (QED) is 0.290. The average molecular weight is 442 g/mol. The number of hydrogen-bond donors (Lipinski definition) is 0. The highest BCUT2D eigenvalue weighted by atomic mass is 19.1.